The summed E-state index contributed by atoms with van der Waals surface area (Å²) >= 11 is 0. The van der Waals surface area contributed by atoms with Crippen LogP contribution in [0, 0.1) is 11.8 Å². The second-order valence-corrected chi connectivity index (χ2v) is 10.7. The number of rotatable bonds is 9. The smallest absolute Gasteiger partial charge is 0.281 e. The summed E-state index contributed by atoms with van der Waals surface area (Å²) < 4.78 is 52.6. The van der Waals surface area contributed by atoms with E-state index in [1.165, 1.54) is 23.9 Å². The van der Waals surface area contributed by atoms with Crippen LogP contribution in [0.5, 0.6) is 0 Å². The second kappa shape index (κ2) is 12.9. The number of aromatic nitrogens is 2. The monoisotopic (exact) mass is 532 g/mol. The van der Waals surface area contributed by atoms with Gasteiger partial charge in [0.15, 0.2) is 0 Å². The van der Waals surface area contributed by atoms with Crippen LogP contribution in [-0.2, 0) is 19.3 Å². The number of nitrogens with zero attached hydrogens (tertiary/aromatic N) is 4. The van der Waals surface area contributed by atoms with Gasteiger partial charge >= 0.3 is 0 Å². The third-order valence-electron chi connectivity index (χ3n) is 7.73. The zero-order valence-corrected chi connectivity index (χ0v) is 21.9. The van der Waals surface area contributed by atoms with Crippen molar-refractivity contribution in [2.75, 3.05) is 19.6 Å². The van der Waals surface area contributed by atoms with Gasteiger partial charge in [0.1, 0.15) is 5.69 Å². The summed E-state index contributed by atoms with van der Waals surface area (Å²) in [6, 6.07) is 6.76. The van der Waals surface area contributed by atoms with Gasteiger partial charge in [-0.3, -0.25) is 14.8 Å². The van der Waals surface area contributed by atoms with Crippen LogP contribution >= 0.6 is 0 Å². The molecule has 38 heavy (non-hydrogen) atoms. The fraction of sp³-hybridized carbons (Fsp3) is 0.586. The summed E-state index contributed by atoms with van der Waals surface area (Å²) in [6.07, 6.45) is 7.05. The van der Waals surface area contributed by atoms with Gasteiger partial charge in [0, 0.05) is 49.7 Å². The molecule has 1 aliphatic carbocycles. The number of hydrogen-bond acceptors (Lipinski definition) is 4. The first kappa shape index (κ1) is 28.3. The van der Waals surface area contributed by atoms with Crippen LogP contribution in [0.25, 0.3) is 0 Å². The van der Waals surface area contributed by atoms with Crippen molar-refractivity contribution in [3.05, 3.63) is 58.7 Å². The van der Waals surface area contributed by atoms with E-state index in [2.05, 4.69) is 20.9 Å². The van der Waals surface area contributed by atoms with Crippen LogP contribution in [-0.4, -0.2) is 52.5 Å². The topological polar surface area (TPSA) is 58.5 Å². The Morgan fingerprint density at radius 2 is 1.92 bits per heavy atom. The van der Waals surface area contributed by atoms with E-state index in [1.54, 1.807) is 6.21 Å². The van der Waals surface area contributed by atoms with Gasteiger partial charge in [-0.2, -0.15) is 0 Å². The van der Waals surface area contributed by atoms with Crippen molar-refractivity contribution in [2.24, 2.45) is 16.8 Å². The maximum absolute atomic E-state index is 13.2. The highest BCUT2D eigenvalue weighted by Crippen LogP contribution is 2.31. The van der Waals surface area contributed by atoms with Gasteiger partial charge < -0.3 is 4.90 Å². The minimum atomic E-state index is -2.81. The highest BCUT2D eigenvalue weighted by molar-refractivity contribution is 6.00. The number of carbonyl (C=O) groups excluding carboxylic acids is 1. The molecule has 0 bridgehead atoms. The van der Waals surface area contributed by atoms with E-state index in [4.69, 9.17) is 4.98 Å². The summed E-state index contributed by atoms with van der Waals surface area (Å²) in [7, 11) is 0. The van der Waals surface area contributed by atoms with E-state index in [9.17, 15) is 22.4 Å². The molecule has 1 fully saturated rings. The van der Waals surface area contributed by atoms with Gasteiger partial charge in [0.2, 0.25) is 5.92 Å². The number of carbonyl (C=O) groups is 1. The number of halogens is 4. The largest absolute Gasteiger partial charge is 0.303 e. The minimum absolute atomic E-state index is 0.138. The van der Waals surface area contributed by atoms with Gasteiger partial charge in [-0.05, 0) is 94.0 Å². The van der Waals surface area contributed by atoms with Gasteiger partial charge in [0.05, 0.1) is 5.56 Å². The molecule has 0 spiro atoms. The predicted molar refractivity (Wildman–Crippen MR) is 139 cm³/mol. The van der Waals surface area contributed by atoms with Crippen molar-refractivity contribution in [1.82, 2.24) is 14.9 Å². The quantitative estimate of drug-likeness (QED) is 0.273. The first-order chi connectivity index (χ1) is 18.2. The van der Waals surface area contributed by atoms with Crippen molar-refractivity contribution in [3.63, 3.8) is 0 Å². The lowest BCUT2D eigenvalue weighted by Crippen LogP contribution is -2.29. The Bertz CT molecular complexity index is 1110. The molecule has 5 nitrogen and oxygen atoms in total. The van der Waals surface area contributed by atoms with Crippen molar-refractivity contribution in [1.29, 1.82) is 0 Å². The molecule has 0 unspecified atom stereocenters. The van der Waals surface area contributed by atoms with Crippen LogP contribution in [0.15, 0.2) is 35.5 Å². The summed E-state index contributed by atoms with van der Waals surface area (Å²) in [4.78, 5) is 27.1. The first-order valence-corrected chi connectivity index (χ1v) is 13.6. The Balaban J connectivity index is 1.20. The zero-order chi connectivity index (χ0) is 27.1. The molecule has 9 heteroatoms. The maximum atomic E-state index is 13.2. The predicted octanol–water partition coefficient (Wildman–Crippen LogP) is 6.51. The molecule has 0 radical (unpaired) electrons. The Morgan fingerprint density at radius 3 is 2.66 bits per heavy atom. The van der Waals surface area contributed by atoms with Gasteiger partial charge in [-0.1, -0.05) is 6.07 Å². The highest BCUT2D eigenvalue weighted by Gasteiger charge is 2.24. The highest BCUT2D eigenvalue weighted by atomic mass is 19.3. The lowest BCUT2D eigenvalue weighted by atomic mass is 9.81. The molecule has 206 valence electrons. The summed E-state index contributed by atoms with van der Waals surface area (Å²) in [5, 5.41) is 0. The van der Waals surface area contributed by atoms with E-state index in [0.717, 1.165) is 82.9 Å². The minimum Gasteiger partial charge on any atom is -0.303 e. The Hall–Kier alpha value is -2.68. The zero-order valence-electron chi connectivity index (χ0n) is 21.9. The number of aryl methyl sites for hydroxylation is 1. The standard InChI is InChI=1S/C29H36F4N4O/c1-29(32,33)14-10-23-9-8-22-12-17-37(18-13-25(22)36-23)16-11-20-4-6-21(7-5-20)19-35-28(38)24-3-2-15-34-26(24)27(30)31/h2-3,8-9,15,19-21,27H,4-7,10-14,16-18H2,1H3. The van der Waals surface area contributed by atoms with Crippen LogP contribution in [0.1, 0.15) is 84.9 Å². The molecule has 2 aromatic heterocycles. The molecule has 0 aromatic carbocycles. The Kier molecular flexibility index (Phi) is 9.63. The van der Waals surface area contributed by atoms with Crippen molar-refractivity contribution < 1.29 is 22.4 Å². The fourth-order valence-electron chi connectivity index (χ4n) is 5.39. The number of pyridine rings is 2. The molecule has 4 rings (SSSR count). The lowest BCUT2D eigenvalue weighted by Gasteiger charge is -2.28. The van der Waals surface area contributed by atoms with E-state index >= 15 is 0 Å². The van der Waals surface area contributed by atoms with Crippen molar-refractivity contribution >= 4 is 12.1 Å². The van der Waals surface area contributed by atoms with E-state index in [-0.39, 0.29) is 17.9 Å². The number of alkyl halides is 4. The Labute approximate surface area is 221 Å². The molecule has 1 saturated carbocycles. The first-order valence-electron chi connectivity index (χ1n) is 13.6. The molecule has 0 saturated heterocycles. The van der Waals surface area contributed by atoms with Crippen LogP contribution in [0.3, 0.4) is 0 Å². The van der Waals surface area contributed by atoms with Crippen LogP contribution in [0.2, 0.25) is 0 Å². The van der Waals surface area contributed by atoms with E-state index < -0.39 is 23.9 Å². The molecule has 1 amide bonds. The average Bonchev–Trinajstić information content (AvgIpc) is 3.11. The van der Waals surface area contributed by atoms with E-state index in [1.807, 2.05) is 6.07 Å². The molecule has 1 aliphatic heterocycles. The summed E-state index contributed by atoms with van der Waals surface area (Å²) in [6.45, 7) is 3.86. The number of amides is 1. The molecule has 3 heterocycles. The lowest BCUT2D eigenvalue weighted by molar-refractivity contribution is 0.0130. The van der Waals surface area contributed by atoms with Crippen molar-refractivity contribution in [2.45, 2.75) is 77.1 Å². The Morgan fingerprint density at radius 1 is 1.16 bits per heavy atom. The van der Waals surface area contributed by atoms with Gasteiger partial charge in [-0.15, -0.1) is 0 Å². The third kappa shape index (κ3) is 8.16. The fourth-order valence-corrected chi connectivity index (χ4v) is 5.39. The van der Waals surface area contributed by atoms with E-state index in [0.29, 0.717) is 12.3 Å². The van der Waals surface area contributed by atoms with Crippen LogP contribution in [0.4, 0.5) is 17.6 Å². The second-order valence-electron chi connectivity index (χ2n) is 10.7. The molecular formula is C29H36F4N4O. The summed E-state index contributed by atoms with van der Waals surface area (Å²) in [5.74, 6) is -2.54. The van der Waals surface area contributed by atoms with Gasteiger partial charge in [0.25, 0.3) is 12.3 Å². The van der Waals surface area contributed by atoms with Crippen molar-refractivity contribution in [3.8, 4) is 0 Å². The molecule has 2 aromatic rings. The normalized spacial score (nSPS) is 21.0. The number of aliphatic imine (C=N–C) groups is 1. The number of hydrogen-bond donors (Lipinski definition) is 0. The van der Waals surface area contributed by atoms with Crippen LogP contribution < -0.4 is 0 Å². The summed E-state index contributed by atoms with van der Waals surface area (Å²) in [5.41, 5.74) is 2.36. The maximum Gasteiger partial charge on any atom is 0.281 e. The molecule has 2 aliphatic rings. The third-order valence-corrected chi connectivity index (χ3v) is 7.73. The molecule has 0 N–H and O–H groups in total. The SMILES string of the molecule is CC(F)(F)CCc1ccc2c(n1)CCN(CCC1CCC(C=NC(=O)c3cccnc3C(F)F)CC1)CC2. The molecular weight excluding hydrogens is 496 g/mol. The number of fused-ring (bicyclic) bond motifs is 1. The van der Waals surface area contributed by atoms with Gasteiger partial charge in [-0.25, -0.2) is 22.6 Å². The molecule has 0 atom stereocenters. The average molecular weight is 533 g/mol.